The molecule has 2 heterocycles. The molecule has 0 radical (unpaired) electrons. The van der Waals surface area contributed by atoms with Crippen LogP contribution in [0.25, 0.3) is 0 Å². The molecule has 1 fully saturated rings. The molecule has 0 bridgehead atoms. The highest BCUT2D eigenvalue weighted by Crippen LogP contribution is 2.16. The van der Waals surface area contributed by atoms with Crippen LogP contribution in [0.5, 0.6) is 0 Å². The van der Waals surface area contributed by atoms with Crippen molar-refractivity contribution < 1.29 is 8.42 Å². The number of aromatic nitrogens is 1. The Morgan fingerprint density at radius 3 is 2.79 bits per heavy atom. The van der Waals surface area contributed by atoms with Crippen LogP contribution in [0.15, 0.2) is 18.3 Å². The van der Waals surface area contributed by atoms with Crippen molar-refractivity contribution in [3.8, 4) is 0 Å². The van der Waals surface area contributed by atoms with Gasteiger partial charge in [-0.05, 0) is 12.1 Å². The largest absolute Gasteiger partial charge is 0.364 e. The van der Waals surface area contributed by atoms with Crippen molar-refractivity contribution in [3.63, 3.8) is 0 Å². The molecule has 1 aromatic rings. The van der Waals surface area contributed by atoms with E-state index in [1.807, 2.05) is 12.1 Å². The summed E-state index contributed by atoms with van der Waals surface area (Å²) in [5, 5.41) is 0. The second-order valence-corrected chi connectivity index (χ2v) is 5.39. The Balaban J connectivity index is 2.05. The lowest BCUT2D eigenvalue weighted by Gasteiger charge is -2.16. The molecule has 0 aromatic carbocycles. The summed E-state index contributed by atoms with van der Waals surface area (Å²) in [5.74, 6) is 0. The van der Waals surface area contributed by atoms with Crippen molar-refractivity contribution in [1.29, 1.82) is 0 Å². The first kappa shape index (κ1) is 9.70. The summed E-state index contributed by atoms with van der Waals surface area (Å²) in [4.78, 5) is 2.97. The molecular weight excluding hydrogens is 202 g/mol. The Kier molecular flexibility index (Phi) is 2.34. The standard InChI is InChI=1S/C8H13N3O2S/c1-10(7-8-3-2-4-9-8)14(12,13)11-5-6-11/h2-4,9H,5-7H2,1H3. The fourth-order valence-corrected chi connectivity index (χ4v) is 2.50. The average Bonchev–Trinajstić information content (AvgIpc) is 2.88. The van der Waals surface area contributed by atoms with Crippen LogP contribution in [0, 0.1) is 0 Å². The maximum Gasteiger partial charge on any atom is 0.282 e. The molecular formula is C8H13N3O2S. The third-order valence-corrected chi connectivity index (χ3v) is 4.12. The molecule has 1 saturated heterocycles. The van der Waals surface area contributed by atoms with E-state index in [0.29, 0.717) is 19.6 Å². The number of aromatic amines is 1. The van der Waals surface area contributed by atoms with Gasteiger partial charge < -0.3 is 4.98 Å². The summed E-state index contributed by atoms with van der Waals surface area (Å²) in [6.07, 6.45) is 1.78. The van der Waals surface area contributed by atoms with Crippen molar-refractivity contribution in [2.24, 2.45) is 0 Å². The van der Waals surface area contributed by atoms with Gasteiger partial charge in [-0.25, -0.2) is 0 Å². The third-order valence-electron chi connectivity index (χ3n) is 2.18. The molecule has 78 valence electrons. The predicted octanol–water partition coefficient (Wildman–Crippen LogP) is 0.00690. The summed E-state index contributed by atoms with van der Waals surface area (Å²) in [6.45, 7) is 1.70. The normalized spacial score (nSPS) is 17.6. The molecule has 6 heteroatoms. The average molecular weight is 215 g/mol. The Morgan fingerprint density at radius 1 is 1.57 bits per heavy atom. The molecule has 1 aliphatic rings. The Hall–Kier alpha value is -0.850. The van der Waals surface area contributed by atoms with Gasteiger partial charge in [0.05, 0.1) is 6.54 Å². The van der Waals surface area contributed by atoms with Crippen molar-refractivity contribution in [2.45, 2.75) is 6.54 Å². The van der Waals surface area contributed by atoms with Gasteiger partial charge in [0.2, 0.25) is 0 Å². The van der Waals surface area contributed by atoms with Crippen LogP contribution in [0.1, 0.15) is 5.69 Å². The van der Waals surface area contributed by atoms with E-state index in [-0.39, 0.29) is 0 Å². The van der Waals surface area contributed by atoms with Crippen molar-refractivity contribution in [2.75, 3.05) is 20.1 Å². The Labute approximate surface area is 83.5 Å². The van der Waals surface area contributed by atoms with E-state index in [0.717, 1.165) is 5.69 Å². The summed E-state index contributed by atoms with van der Waals surface area (Å²) >= 11 is 0. The zero-order valence-electron chi connectivity index (χ0n) is 7.97. The van der Waals surface area contributed by atoms with Gasteiger partial charge in [0.1, 0.15) is 0 Å². The van der Waals surface area contributed by atoms with E-state index < -0.39 is 10.2 Å². The quantitative estimate of drug-likeness (QED) is 0.719. The van der Waals surface area contributed by atoms with E-state index in [4.69, 9.17) is 0 Å². The van der Waals surface area contributed by atoms with Crippen molar-refractivity contribution in [1.82, 2.24) is 13.6 Å². The second-order valence-electron chi connectivity index (χ2n) is 3.36. The number of nitrogens with zero attached hydrogens (tertiary/aromatic N) is 2. The SMILES string of the molecule is CN(Cc1ccc[nH]1)S(=O)(=O)N1CC1. The first-order chi connectivity index (χ1) is 6.60. The molecule has 0 amide bonds. The van der Waals surface area contributed by atoms with Gasteiger partial charge in [-0.1, -0.05) is 0 Å². The van der Waals surface area contributed by atoms with Gasteiger partial charge in [-0.2, -0.15) is 17.0 Å². The number of hydrogen-bond donors (Lipinski definition) is 1. The zero-order valence-corrected chi connectivity index (χ0v) is 8.79. The van der Waals surface area contributed by atoms with E-state index in [9.17, 15) is 8.42 Å². The molecule has 1 aliphatic heterocycles. The van der Waals surface area contributed by atoms with Gasteiger partial charge in [-0.3, -0.25) is 0 Å². The topological polar surface area (TPSA) is 56.2 Å². The zero-order chi connectivity index (χ0) is 10.2. The van der Waals surface area contributed by atoms with E-state index in [2.05, 4.69) is 4.98 Å². The van der Waals surface area contributed by atoms with Crippen LogP contribution in [0.2, 0.25) is 0 Å². The monoisotopic (exact) mass is 215 g/mol. The highest BCUT2D eigenvalue weighted by molar-refractivity contribution is 7.86. The predicted molar refractivity (Wildman–Crippen MR) is 52.8 cm³/mol. The molecule has 0 saturated carbocycles. The minimum absolute atomic E-state index is 0.395. The smallest absolute Gasteiger partial charge is 0.282 e. The molecule has 0 aliphatic carbocycles. The number of H-pyrrole nitrogens is 1. The molecule has 14 heavy (non-hydrogen) atoms. The summed E-state index contributed by atoms with van der Waals surface area (Å²) in [6, 6.07) is 3.72. The minimum Gasteiger partial charge on any atom is -0.364 e. The van der Waals surface area contributed by atoms with Gasteiger partial charge in [0.15, 0.2) is 0 Å². The molecule has 0 atom stereocenters. The highest BCUT2D eigenvalue weighted by Gasteiger charge is 2.35. The van der Waals surface area contributed by atoms with Gasteiger partial charge >= 0.3 is 0 Å². The first-order valence-electron chi connectivity index (χ1n) is 4.44. The lowest BCUT2D eigenvalue weighted by Crippen LogP contribution is -2.31. The van der Waals surface area contributed by atoms with Gasteiger partial charge in [0.25, 0.3) is 10.2 Å². The maximum atomic E-state index is 11.7. The van der Waals surface area contributed by atoms with Crippen LogP contribution in [0.3, 0.4) is 0 Å². The number of nitrogens with one attached hydrogen (secondary N) is 1. The Morgan fingerprint density at radius 2 is 2.29 bits per heavy atom. The molecule has 0 unspecified atom stereocenters. The van der Waals surface area contributed by atoms with Crippen LogP contribution in [-0.2, 0) is 16.8 Å². The summed E-state index contributed by atoms with van der Waals surface area (Å²) in [7, 11) is -1.60. The van der Waals surface area contributed by atoms with Crippen LogP contribution < -0.4 is 0 Å². The molecule has 1 N–H and O–H groups in total. The molecule has 1 aromatic heterocycles. The number of rotatable bonds is 4. The van der Waals surface area contributed by atoms with Crippen LogP contribution >= 0.6 is 0 Å². The fourth-order valence-electron chi connectivity index (χ4n) is 1.26. The van der Waals surface area contributed by atoms with Crippen LogP contribution in [0.4, 0.5) is 0 Å². The molecule has 0 spiro atoms. The highest BCUT2D eigenvalue weighted by atomic mass is 32.2. The molecule has 2 rings (SSSR count). The second kappa shape index (κ2) is 3.38. The summed E-state index contributed by atoms with van der Waals surface area (Å²) < 4.78 is 26.1. The van der Waals surface area contributed by atoms with Gasteiger partial charge in [-0.15, -0.1) is 0 Å². The lowest BCUT2D eigenvalue weighted by molar-refractivity contribution is 0.436. The third kappa shape index (κ3) is 1.82. The maximum absolute atomic E-state index is 11.7. The Bertz CT molecular complexity index is 394. The van der Waals surface area contributed by atoms with Crippen molar-refractivity contribution >= 4 is 10.2 Å². The lowest BCUT2D eigenvalue weighted by atomic mass is 10.4. The van der Waals surface area contributed by atoms with E-state index >= 15 is 0 Å². The minimum atomic E-state index is -3.20. The van der Waals surface area contributed by atoms with E-state index in [1.165, 1.54) is 8.61 Å². The molecule has 5 nitrogen and oxygen atoms in total. The first-order valence-corrected chi connectivity index (χ1v) is 5.84. The van der Waals surface area contributed by atoms with Crippen LogP contribution in [-0.4, -0.2) is 42.1 Å². The fraction of sp³-hybridized carbons (Fsp3) is 0.500. The summed E-state index contributed by atoms with van der Waals surface area (Å²) in [5.41, 5.74) is 0.901. The van der Waals surface area contributed by atoms with Crippen molar-refractivity contribution in [3.05, 3.63) is 24.0 Å². The van der Waals surface area contributed by atoms with Gasteiger partial charge in [0, 0.05) is 32.0 Å². The van der Waals surface area contributed by atoms with E-state index in [1.54, 1.807) is 13.2 Å². The number of hydrogen-bond acceptors (Lipinski definition) is 2.